The number of amides is 1. The Balaban J connectivity index is 0.00000261. The summed E-state index contributed by atoms with van der Waals surface area (Å²) < 4.78 is 16.3. The second-order valence-electron chi connectivity index (χ2n) is 6.12. The molecule has 150 valence electrons. The van der Waals surface area contributed by atoms with E-state index < -0.39 is 0 Å². The summed E-state index contributed by atoms with van der Waals surface area (Å²) >= 11 is 0. The molecule has 0 atom stereocenters. The quantitative estimate of drug-likeness (QED) is 0.210. The highest BCUT2D eigenvalue weighted by molar-refractivity contribution is 14.0. The zero-order chi connectivity index (χ0) is 18.2. The van der Waals surface area contributed by atoms with Gasteiger partial charge in [-0.3, -0.25) is 9.79 Å². The average molecular weight is 490 g/mol. The van der Waals surface area contributed by atoms with Crippen LogP contribution in [-0.4, -0.2) is 51.4 Å². The first-order valence-electron chi connectivity index (χ1n) is 9.08. The molecule has 1 aliphatic carbocycles. The Labute approximate surface area is 176 Å². The van der Waals surface area contributed by atoms with Gasteiger partial charge in [0.05, 0.1) is 13.1 Å². The van der Waals surface area contributed by atoms with Crippen LogP contribution >= 0.6 is 24.0 Å². The first-order valence-corrected chi connectivity index (χ1v) is 9.08. The van der Waals surface area contributed by atoms with Crippen molar-refractivity contribution in [2.75, 3.05) is 39.6 Å². The molecule has 1 aliphatic heterocycles. The van der Waals surface area contributed by atoms with E-state index in [4.69, 9.17) is 14.2 Å². The normalized spacial score (nSPS) is 14.9. The molecule has 1 heterocycles. The fourth-order valence-electron chi connectivity index (χ4n) is 2.48. The van der Waals surface area contributed by atoms with E-state index in [1.54, 1.807) is 0 Å². The van der Waals surface area contributed by atoms with Crippen molar-refractivity contribution in [2.45, 2.75) is 19.8 Å². The van der Waals surface area contributed by atoms with Gasteiger partial charge < -0.3 is 30.2 Å². The molecular weight excluding hydrogens is 463 g/mol. The smallest absolute Gasteiger partial charge is 0.231 e. The monoisotopic (exact) mass is 490 g/mol. The van der Waals surface area contributed by atoms with Gasteiger partial charge in [-0.05, 0) is 31.9 Å². The van der Waals surface area contributed by atoms with E-state index in [0.29, 0.717) is 38.0 Å². The van der Waals surface area contributed by atoms with Crippen LogP contribution in [0.3, 0.4) is 0 Å². The zero-order valence-corrected chi connectivity index (χ0v) is 17.8. The molecule has 2 aliphatic rings. The van der Waals surface area contributed by atoms with Gasteiger partial charge in [0, 0.05) is 25.1 Å². The molecule has 0 aromatic heterocycles. The highest BCUT2D eigenvalue weighted by atomic mass is 127. The Morgan fingerprint density at radius 2 is 2.00 bits per heavy atom. The third-order valence-electron chi connectivity index (χ3n) is 3.98. The van der Waals surface area contributed by atoms with E-state index in [-0.39, 0.29) is 42.6 Å². The maximum absolute atomic E-state index is 11.6. The van der Waals surface area contributed by atoms with E-state index in [1.165, 1.54) is 0 Å². The number of carbonyl (C=O) groups excluding carboxylic acids is 1. The minimum Gasteiger partial charge on any atom is -0.492 e. The van der Waals surface area contributed by atoms with Gasteiger partial charge in [-0.25, -0.2) is 0 Å². The molecule has 1 aromatic rings. The summed E-state index contributed by atoms with van der Waals surface area (Å²) in [4.78, 5) is 16.0. The number of hydrogen-bond donors (Lipinski definition) is 3. The molecule has 3 rings (SSSR count). The van der Waals surface area contributed by atoms with Crippen molar-refractivity contribution >= 4 is 35.8 Å². The lowest BCUT2D eigenvalue weighted by Crippen LogP contribution is -2.40. The van der Waals surface area contributed by atoms with Gasteiger partial charge >= 0.3 is 0 Å². The van der Waals surface area contributed by atoms with Gasteiger partial charge in [-0.2, -0.15) is 0 Å². The maximum atomic E-state index is 11.6. The fourth-order valence-corrected chi connectivity index (χ4v) is 2.48. The number of rotatable bonds is 9. The van der Waals surface area contributed by atoms with Crippen LogP contribution < -0.4 is 30.2 Å². The van der Waals surface area contributed by atoms with E-state index in [1.807, 2.05) is 25.1 Å². The standard InChI is InChI=1S/C18H26N4O4.HI/c1-2-19-18(21-8-7-20-17(23)13-3-4-13)22-9-10-24-14-5-6-15-16(11-14)26-12-25-15;/h5-6,11,13H,2-4,7-10,12H2,1H3,(H,20,23)(H2,19,21,22);1H. The Bertz CT molecular complexity index is 652. The lowest BCUT2D eigenvalue weighted by Gasteiger charge is -2.12. The summed E-state index contributed by atoms with van der Waals surface area (Å²) in [7, 11) is 0. The van der Waals surface area contributed by atoms with Crippen LogP contribution in [0.5, 0.6) is 17.2 Å². The van der Waals surface area contributed by atoms with Crippen molar-refractivity contribution in [3.63, 3.8) is 0 Å². The van der Waals surface area contributed by atoms with Crippen molar-refractivity contribution in [3.05, 3.63) is 18.2 Å². The lowest BCUT2D eigenvalue weighted by atomic mass is 10.3. The van der Waals surface area contributed by atoms with Gasteiger partial charge in [0.25, 0.3) is 0 Å². The van der Waals surface area contributed by atoms with Crippen molar-refractivity contribution in [2.24, 2.45) is 10.9 Å². The summed E-state index contributed by atoms with van der Waals surface area (Å²) in [6, 6.07) is 5.52. The van der Waals surface area contributed by atoms with Crippen LogP contribution in [0, 0.1) is 5.92 Å². The number of nitrogens with zero attached hydrogens (tertiary/aromatic N) is 1. The van der Waals surface area contributed by atoms with Gasteiger partial charge in [0.2, 0.25) is 12.7 Å². The molecule has 1 amide bonds. The molecule has 0 bridgehead atoms. The molecule has 27 heavy (non-hydrogen) atoms. The number of fused-ring (bicyclic) bond motifs is 1. The second-order valence-corrected chi connectivity index (χ2v) is 6.12. The number of ether oxygens (including phenoxy) is 3. The molecular formula is C18H27IN4O4. The summed E-state index contributed by atoms with van der Waals surface area (Å²) in [5, 5.41) is 9.29. The minimum absolute atomic E-state index is 0. The third kappa shape index (κ3) is 6.96. The number of aliphatic imine (C=N–C) groups is 1. The molecule has 3 N–H and O–H groups in total. The Hall–Kier alpha value is -1.91. The highest BCUT2D eigenvalue weighted by Crippen LogP contribution is 2.35. The Morgan fingerprint density at radius 3 is 2.78 bits per heavy atom. The minimum atomic E-state index is 0. The van der Waals surface area contributed by atoms with Crippen LogP contribution in [-0.2, 0) is 4.79 Å². The highest BCUT2D eigenvalue weighted by Gasteiger charge is 2.28. The van der Waals surface area contributed by atoms with Crippen LogP contribution in [0.2, 0.25) is 0 Å². The van der Waals surface area contributed by atoms with Crippen LogP contribution in [0.15, 0.2) is 23.2 Å². The first-order chi connectivity index (χ1) is 12.8. The number of carbonyl (C=O) groups is 1. The predicted octanol–water partition coefficient (Wildman–Crippen LogP) is 1.49. The molecule has 0 saturated heterocycles. The summed E-state index contributed by atoms with van der Waals surface area (Å²) in [5.41, 5.74) is 0. The SMILES string of the molecule is CCNC(=NCCNC(=O)C1CC1)NCCOc1ccc2c(c1)OCO2.I. The van der Waals surface area contributed by atoms with Crippen molar-refractivity contribution < 1.29 is 19.0 Å². The van der Waals surface area contributed by atoms with Gasteiger partial charge in [0.1, 0.15) is 12.4 Å². The first kappa shape index (κ1) is 21.4. The largest absolute Gasteiger partial charge is 0.492 e. The number of halogens is 1. The van der Waals surface area contributed by atoms with Gasteiger partial charge in [-0.15, -0.1) is 24.0 Å². The lowest BCUT2D eigenvalue weighted by molar-refractivity contribution is -0.122. The van der Waals surface area contributed by atoms with Crippen molar-refractivity contribution in [3.8, 4) is 17.2 Å². The molecule has 1 fully saturated rings. The maximum Gasteiger partial charge on any atom is 0.231 e. The summed E-state index contributed by atoms with van der Waals surface area (Å²) in [5.74, 6) is 3.28. The van der Waals surface area contributed by atoms with Crippen LogP contribution in [0.1, 0.15) is 19.8 Å². The molecule has 0 unspecified atom stereocenters. The molecule has 8 nitrogen and oxygen atoms in total. The Kier molecular flexibility index (Phi) is 8.76. The van der Waals surface area contributed by atoms with E-state index in [2.05, 4.69) is 20.9 Å². The Morgan fingerprint density at radius 1 is 1.19 bits per heavy atom. The van der Waals surface area contributed by atoms with Gasteiger partial charge in [0.15, 0.2) is 17.5 Å². The van der Waals surface area contributed by atoms with Crippen LogP contribution in [0.25, 0.3) is 0 Å². The van der Waals surface area contributed by atoms with Crippen molar-refractivity contribution in [1.29, 1.82) is 0 Å². The number of nitrogens with one attached hydrogen (secondary N) is 3. The molecule has 1 aromatic carbocycles. The topological polar surface area (TPSA) is 93.2 Å². The number of benzene rings is 1. The zero-order valence-electron chi connectivity index (χ0n) is 15.5. The van der Waals surface area contributed by atoms with Gasteiger partial charge in [-0.1, -0.05) is 0 Å². The number of guanidine groups is 1. The van der Waals surface area contributed by atoms with E-state index in [9.17, 15) is 4.79 Å². The molecule has 9 heteroatoms. The van der Waals surface area contributed by atoms with Crippen LogP contribution in [0.4, 0.5) is 0 Å². The van der Waals surface area contributed by atoms with E-state index in [0.717, 1.165) is 30.9 Å². The fraction of sp³-hybridized carbons (Fsp3) is 0.556. The third-order valence-corrected chi connectivity index (χ3v) is 3.98. The van der Waals surface area contributed by atoms with E-state index >= 15 is 0 Å². The second kappa shape index (κ2) is 11.1. The molecule has 1 saturated carbocycles. The predicted molar refractivity (Wildman–Crippen MR) is 113 cm³/mol. The molecule has 0 radical (unpaired) electrons. The van der Waals surface area contributed by atoms with Crippen molar-refractivity contribution in [1.82, 2.24) is 16.0 Å². The average Bonchev–Trinajstić information content (AvgIpc) is 3.40. The molecule has 0 spiro atoms. The summed E-state index contributed by atoms with van der Waals surface area (Å²) in [6.45, 7) is 5.22. The summed E-state index contributed by atoms with van der Waals surface area (Å²) in [6.07, 6.45) is 2.03. The number of hydrogen-bond acceptors (Lipinski definition) is 5.